The summed E-state index contributed by atoms with van der Waals surface area (Å²) in [5, 5.41) is 1.86. The van der Waals surface area contributed by atoms with Crippen LogP contribution >= 0.6 is 0 Å². The first kappa shape index (κ1) is 18.1. The van der Waals surface area contributed by atoms with Crippen molar-refractivity contribution in [3.8, 4) is 5.75 Å². The molecule has 0 aliphatic carbocycles. The van der Waals surface area contributed by atoms with Gasteiger partial charge in [0, 0.05) is 6.42 Å². The molecule has 9 heteroatoms. The summed E-state index contributed by atoms with van der Waals surface area (Å²) >= 11 is 0. The van der Waals surface area contributed by atoms with Gasteiger partial charge in [0.15, 0.2) is 0 Å². The van der Waals surface area contributed by atoms with Gasteiger partial charge in [-0.3, -0.25) is 4.79 Å². The minimum absolute atomic E-state index is 0.00454. The van der Waals surface area contributed by atoms with Gasteiger partial charge < -0.3 is 19.4 Å². The molecule has 1 aromatic rings. The van der Waals surface area contributed by atoms with Crippen LogP contribution in [0, 0.1) is 0 Å². The Morgan fingerprint density at radius 2 is 1.76 bits per heavy atom. The van der Waals surface area contributed by atoms with Crippen LogP contribution in [0.4, 0.5) is 18.9 Å². The summed E-state index contributed by atoms with van der Waals surface area (Å²) in [6.07, 6.45) is -4.46. The minimum atomic E-state index is -4.96. The van der Waals surface area contributed by atoms with Crippen molar-refractivity contribution in [3.05, 3.63) is 17.7 Å². The summed E-state index contributed by atoms with van der Waals surface area (Å²) < 4.78 is 54.9. The summed E-state index contributed by atoms with van der Waals surface area (Å²) in [4.78, 5) is 11.2. The second-order valence-electron chi connectivity index (χ2n) is 7.15. The van der Waals surface area contributed by atoms with Gasteiger partial charge >= 0.3 is 19.2 Å². The number of ether oxygens (including phenoxy) is 1. The van der Waals surface area contributed by atoms with E-state index in [1.54, 1.807) is 6.07 Å². The number of anilines is 1. The monoisotopic (exact) mass is 357 g/mol. The van der Waals surface area contributed by atoms with Crippen LogP contribution in [0.1, 0.15) is 33.3 Å². The fraction of sp³-hybridized carbons (Fsp3) is 0.562. The summed E-state index contributed by atoms with van der Waals surface area (Å²) in [7, 11) is -0.646. The van der Waals surface area contributed by atoms with Crippen molar-refractivity contribution in [2.45, 2.75) is 51.5 Å². The summed E-state index contributed by atoms with van der Waals surface area (Å²) in [5.41, 5.74) is 0.324. The number of amides is 1. The maximum Gasteiger partial charge on any atom is 0.495 e. The number of nitrogens with one attached hydrogen (secondary N) is 1. The average molecular weight is 357 g/mol. The van der Waals surface area contributed by atoms with Crippen LogP contribution in [-0.2, 0) is 20.5 Å². The van der Waals surface area contributed by atoms with Crippen LogP contribution < -0.4 is 15.5 Å². The maximum absolute atomic E-state index is 12.5. The third kappa shape index (κ3) is 3.11. The molecule has 1 N–H and O–H groups in total. The number of halogens is 3. The van der Waals surface area contributed by atoms with Gasteiger partial charge in [0.25, 0.3) is 0 Å². The molecule has 136 valence electrons. The lowest BCUT2D eigenvalue weighted by Crippen LogP contribution is -2.41. The van der Waals surface area contributed by atoms with Crippen molar-refractivity contribution >= 4 is 24.2 Å². The maximum atomic E-state index is 12.5. The van der Waals surface area contributed by atoms with Crippen molar-refractivity contribution in [1.29, 1.82) is 0 Å². The number of carbonyl (C=O) groups is 1. The highest BCUT2D eigenvalue weighted by Crippen LogP contribution is 2.39. The first-order valence-electron chi connectivity index (χ1n) is 7.95. The molecule has 2 heterocycles. The third-order valence-electron chi connectivity index (χ3n) is 4.91. The van der Waals surface area contributed by atoms with Crippen LogP contribution in [0.15, 0.2) is 12.1 Å². The molecule has 3 rings (SSSR count). The largest absolute Gasteiger partial charge is 0.495 e. The Morgan fingerprint density at radius 1 is 1.16 bits per heavy atom. The van der Waals surface area contributed by atoms with Gasteiger partial charge in [-0.1, -0.05) is 6.07 Å². The van der Waals surface area contributed by atoms with E-state index in [1.807, 2.05) is 33.0 Å². The lowest BCUT2D eigenvalue weighted by molar-refractivity contribution is -0.167. The van der Waals surface area contributed by atoms with Crippen LogP contribution in [-0.4, -0.2) is 37.0 Å². The van der Waals surface area contributed by atoms with Gasteiger partial charge in [-0.05, 0) is 44.8 Å². The molecule has 0 spiro atoms. The number of alkyl halides is 3. The predicted octanol–water partition coefficient (Wildman–Crippen LogP) is 2.42. The van der Waals surface area contributed by atoms with Crippen molar-refractivity contribution in [2.24, 2.45) is 0 Å². The molecular formula is C16H19BF3NO4. The number of rotatable bonds is 2. The molecule has 1 amide bonds. The summed E-state index contributed by atoms with van der Waals surface area (Å²) in [6, 6.07) is 3.00. The second-order valence-corrected chi connectivity index (χ2v) is 7.15. The van der Waals surface area contributed by atoms with E-state index in [-0.39, 0.29) is 11.4 Å². The number of fused-ring (bicyclic) bond motifs is 1. The first-order chi connectivity index (χ1) is 11.4. The Hall–Kier alpha value is -1.74. The van der Waals surface area contributed by atoms with Gasteiger partial charge in [-0.25, -0.2) is 0 Å². The smallest absolute Gasteiger partial charge is 0.491 e. The van der Waals surface area contributed by atoms with Crippen molar-refractivity contribution in [1.82, 2.24) is 0 Å². The molecule has 25 heavy (non-hydrogen) atoms. The van der Waals surface area contributed by atoms with Crippen molar-refractivity contribution in [3.63, 3.8) is 0 Å². The Balaban J connectivity index is 1.92. The normalized spacial score (nSPS) is 21.0. The van der Waals surface area contributed by atoms with E-state index in [0.29, 0.717) is 24.1 Å². The molecule has 2 aliphatic heterocycles. The van der Waals surface area contributed by atoms with Gasteiger partial charge in [0.05, 0.1) is 23.5 Å². The highest BCUT2D eigenvalue weighted by molar-refractivity contribution is 6.62. The van der Waals surface area contributed by atoms with Crippen LogP contribution in [0.2, 0.25) is 0 Å². The first-order valence-corrected chi connectivity index (χ1v) is 7.95. The quantitative estimate of drug-likeness (QED) is 0.826. The molecule has 2 aliphatic rings. The topological polar surface area (TPSA) is 56.8 Å². The molecule has 0 saturated carbocycles. The Bertz CT molecular complexity index is 702. The summed E-state index contributed by atoms with van der Waals surface area (Å²) in [5.74, 6) is -1.79. The Labute approximate surface area is 144 Å². The molecule has 1 saturated heterocycles. The molecule has 0 bridgehead atoms. The zero-order valence-electron chi connectivity index (χ0n) is 14.4. The molecule has 0 atom stereocenters. The van der Waals surface area contributed by atoms with E-state index >= 15 is 0 Å². The van der Waals surface area contributed by atoms with E-state index < -0.39 is 30.4 Å². The fourth-order valence-electron chi connectivity index (χ4n) is 2.80. The van der Waals surface area contributed by atoms with Crippen LogP contribution in [0.25, 0.3) is 0 Å². The fourth-order valence-corrected chi connectivity index (χ4v) is 2.80. The van der Waals surface area contributed by atoms with E-state index in [9.17, 15) is 18.0 Å². The number of carbonyl (C=O) groups excluding carboxylic acids is 1. The zero-order valence-corrected chi connectivity index (χ0v) is 14.4. The molecule has 0 radical (unpaired) electrons. The second kappa shape index (κ2) is 5.64. The van der Waals surface area contributed by atoms with Crippen LogP contribution in [0.3, 0.4) is 0 Å². The molecule has 5 nitrogen and oxygen atoms in total. The molecule has 1 aromatic carbocycles. The van der Waals surface area contributed by atoms with Crippen LogP contribution in [0.5, 0.6) is 5.75 Å². The molecule has 1 fully saturated rings. The van der Waals surface area contributed by atoms with Crippen molar-refractivity contribution < 1.29 is 32.0 Å². The molecule has 0 unspecified atom stereocenters. The van der Waals surface area contributed by atoms with E-state index in [1.165, 1.54) is 6.07 Å². The SMILES string of the molecule is CC1(C)OB(c2ccc(NC(=O)C(F)(F)F)c3c2CCO3)OC1(C)C. The molecule has 0 aromatic heterocycles. The van der Waals surface area contributed by atoms with E-state index in [0.717, 1.165) is 0 Å². The standard InChI is InChI=1S/C16H19BF3NO4/c1-14(2)15(3,4)25-17(24-14)10-5-6-11(12-9(10)7-8-23-12)21-13(22)16(18,19)20/h5-6H,7-8H2,1-4H3,(H,21,22). The van der Waals surface area contributed by atoms with Gasteiger partial charge in [-0.2, -0.15) is 13.2 Å². The predicted molar refractivity (Wildman–Crippen MR) is 86.0 cm³/mol. The zero-order chi connectivity index (χ0) is 18.6. The van der Waals surface area contributed by atoms with E-state index in [4.69, 9.17) is 14.0 Å². The highest BCUT2D eigenvalue weighted by Gasteiger charge is 2.52. The summed E-state index contributed by atoms with van der Waals surface area (Å²) in [6.45, 7) is 7.99. The van der Waals surface area contributed by atoms with Gasteiger partial charge in [-0.15, -0.1) is 0 Å². The van der Waals surface area contributed by atoms with E-state index in [2.05, 4.69) is 0 Å². The van der Waals surface area contributed by atoms with Gasteiger partial charge in [0.2, 0.25) is 0 Å². The number of hydrogen-bond acceptors (Lipinski definition) is 4. The van der Waals surface area contributed by atoms with Crippen molar-refractivity contribution in [2.75, 3.05) is 11.9 Å². The lowest BCUT2D eigenvalue weighted by Gasteiger charge is -2.32. The number of benzene rings is 1. The minimum Gasteiger partial charge on any atom is -0.491 e. The Kier molecular flexibility index (Phi) is 4.07. The number of hydrogen-bond donors (Lipinski definition) is 1. The average Bonchev–Trinajstić information content (AvgIpc) is 3.01. The third-order valence-corrected chi connectivity index (χ3v) is 4.91. The highest BCUT2D eigenvalue weighted by atomic mass is 19.4. The Morgan fingerprint density at radius 3 is 2.32 bits per heavy atom. The molecular weight excluding hydrogens is 338 g/mol. The van der Waals surface area contributed by atoms with Gasteiger partial charge in [0.1, 0.15) is 5.75 Å². The lowest BCUT2D eigenvalue weighted by atomic mass is 9.75.